The molecule has 0 aliphatic rings. The lowest BCUT2D eigenvalue weighted by molar-refractivity contribution is 0.628. The highest BCUT2D eigenvalue weighted by molar-refractivity contribution is 5.63. The summed E-state index contributed by atoms with van der Waals surface area (Å²) in [5.74, 6) is -0.0743. The molecule has 1 heterocycles. The molecular formula is C17H14FN3O. The Morgan fingerprint density at radius 1 is 1.09 bits per heavy atom. The van der Waals surface area contributed by atoms with E-state index in [1.165, 1.54) is 18.2 Å². The van der Waals surface area contributed by atoms with Crippen molar-refractivity contribution in [3.8, 4) is 11.3 Å². The lowest BCUT2D eigenvalue weighted by Crippen LogP contribution is -2.11. The van der Waals surface area contributed by atoms with Gasteiger partial charge in [-0.1, -0.05) is 36.4 Å². The number of rotatable bonds is 3. The Hall–Kier alpha value is -2.95. The van der Waals surface area contributed by atoms with E-state index < -0.39 is 0 Å². The van der Waals surface area contributed by atoms with Crippen LogP contribution in [0.4, 0.5) is 16.0 Å². The van der Waals surface area contributed by atoms with Crippen LogP contribution in [0.15, 0.2) is 59.4 Å². The van der Waals surface area contributed by atoms with Crippen molar-refractivity contribution in [1.82, 2.24) is 9.97 Å². The van der Waals surface area contributed by atoms with Crippen molar-refractivity contribution in [2.24, 2.45) is 0 Å². The molecular weight excluding hydrogens is 281 g/mol. The van der Waals surface area contributed by atoms with Crippen LogP contribution in [0.2, 0.25) is 0 Å². The van der Waals surface area contributed by atoms with E-state index in [0.717, 1.165) is 11.1 Å². The molecule has 0 fully saturated rings. The summed E-state index contributed by atoms with van der Waals surface area (Å²) in [4.78, 5) is 18.8. The number of anilines is 2. The van der Waals surface area contributed by atoms with Crippen molar-refractivity contribution in [3.63, 3.8) is 0 Å². The molecule has 1 aromatic heterocycles. The van der Waals surface area contributed by atoms with Gasteiger partial charge in [-0.3, -0.25) is 9.78 Å². The second-order valence-electron chi connectivity index (χ2n) is 4.93. The molecule has 110 valence electrons. The van der Waals surface area contributed by atoms with Crippen LogP contribution in [0.25, 0.3) is 11.3 Å². The molecule has 2 N–H and O–H groups in total. The molecule has 22 heavy (non-hydrogen) atoms. The molecule has 4 nitrogen and oxygen atoms in total. The maximum atomic E-state index is 13.3. The standard InChI is InChI=1S/C17H14FN3O/c1-11-7-8-13(18)9-14(11)19-17-20-15(10-16(22)21-17)12-5-3-2-4-6-12/h2-10H,1H3,(H2,19,20,21,22). The minimum atomic E-state index is -0.352. The number of benzene rings is 2. The highest BCUT2D eigenvalue weighted by Gasteiger charge is 2.06. The number of aryl methyl sites for hydroxylation is 1. The number of nitrogens with one attached hydrogen (secondary N) is 2. The molecule has 0 radical (unpaired) electrons. The first-order chi connectivity index (χ1) is 10.6. The minimum Gasteiger partial charge on any atom is -0.325 e. The number of aromatic amines is 1. The molecule has 3 rings (SSSR count). The fourth-order valence-electron chi connectivity index (χ4n) is 2.13. The van der Waals surface area contributed by atoms with Crippen molar-refractivity contribution in [1.29, 1.82) is 0 Å². The van der Waals surface area contributed by atoms with Gasteiger partial charge in [0.05, 0.1) is 5.69 Å². The van der Waals surface area contributed by atoms with Crippen molar-refractivity contribution >= 4 is 11.6 Å². The summed E-state index contributed by atoms with van der Waals surface area (Å²) in [5, 5.41) is 2.96. The van der Waals surface area contributed by atoms with E-state index in [2.05, 4.69) is 15.3 Å². The van der Waals surface area contributed by atoms with Crippen LogP contribution in [0.5, 0.6) is 0 Å². The predicted octanol–water partition coefficient (Wildman–Crippen LogP) is 3.63. The quantitative estimate of drug-likeness (QED) is 0.775. The van der Waals surface area contributed by atoms with Gasteiger partial charge in [0, 0.05) is 17.3 Å². The summed E-state index contributed by atoms with van der Waals surface area (Å²) in [6.07, 6.45) is 0. The number of aromatic nitrogens is 2. The van der Waals surface area contributed by atoms with Crippen molar-refractivity contribution in [2.75, 3.05) is 5.32 Å². The SMILES string of the molecule is Cc1ccc(F)cc1Nc1nc(-c2ccccc2)cc(=O)[nH]1. The van der Waals surface area contributed by atoms with Crippen LogP contribution in [-0.4, -0.2) is 9.97 Å². The number of H-pyrrole nitrogens is 1. The molecule has 0 unspecified atom stereocenters. The lowest BCUT2D eigenvalue weighted by atomic mass is 10.1. The zero-order chi connectivity index (χ0) is 15.5. The van der Waals surface area contributed by atoms with Crippen LogP contribution < -0.4 is 10.9 Å². The normalized spacial score (nSPS) is 10.5. The van der Waals surface area contributed by atoms with Crippen LogP contribution in [-0.2, 0) is 0 Å². The molecule has 0 amide bonds. The topological polar surface area (TPSA) is 57.8 Å². The lowest BCUT2D eigenvalue weighted by Gasteiger charge is -2.09. The van der Waals surface area contributed by atoms with E-state index in [-0.39, 0.29) is 17.3 Å². The van der Waals surface area contributed by atoms with E-state index >= 15 is 0 Å². The Morgan fingerprint density at radius 2 is 1.86 bits per heavy atom. The average Bonchev–Trinajstić information content (AvgIpc) is 2.51. The number of halogens is 1. The Kier molecular flexibility index (Phi) is 3.70. The van der Waals surface area contributed by atoms with Crippen LogP contribution in [0.1, 0.15) is 5.56 Å². The fraction of sp³-hybridized carbons (Fsp3) is 0.0588. The van der Waals surface area contributed by atoms with Crippen molar-refractivity contribution in [2.45, 2.75) is 6.92 Å². The summed E-state index contributed by atoms with van der Waals surface area (Å²) in [5.41, 5.74) is 2.54. The van der Waals surface area contributed by atoms with E-state index in [1.807, 2.05) is 37.3 Å². The molecule has 0 spiro atoms. The molecule has 0 bridgehead atoms. The highest BCUT2D eigenvalue weighted by Crippen LogP contribution is 2.21. The average molecular weight is 295 g/mol. The van der Waals surface area contributed by atoms with Crippen LogP contribution in [0, 0.1) is 12.7 Å². The van der Waals surface area contributed by atoms with Gasteiger partial charge >= 0.3 is 0 Å². The van der Waals surface area contributed by atoms with E-state index in [0.29, 0.717) is 11.4 Å². The summed E-state index contributed by atoms with van der Waals surface area (Å²) in [6, 6.07) is 15.2. The van der Waals surface area contributed by atoms with Gasteiger partial charge in [-0.15, -0.1) is 0 Å². The van der Waals surface area contributed by atoms with E-state index in [9.17, 15) is 9.18 Å². The van der Waals surface area contributed by atoms with Gasteiger partial charge in [-0.05, 0) is 24.6 Å². The molecule has 0 aliphatic heterocycles. The predicted molar refractivity (Wildman–Crippen MR) is 84.7 cm³/mol. The summed E-state index contributed by atoms with van der Waals surface area (Å²) >= 11 is 0. The largest absolute Gasteiger partial charge is 0.325 e. The number of hydrogen-bond acceptors (Lipinski definition) is 3. The van der Waals surface area contributed by atoms with Crippen LogP contribution in [0.3, 0.4) is 0 Å². The summed E-state index contributed by atoms with van der Waals surface area (Å²) in [7, 11) is 0. The number of hydrogen-bond donors (Lipinski definition) is 2. The maximum absolute atomic E-state index is 13.3. The third-order valence-electron chi connectivity index (χ3n) is 3.26. The second kappa shape index (κ2) is 5.81. The van der Waals surface area contributed by atoms with Crippen molar-refractivity contribution in [3.05, 3.63) is 76.3 Å². The van der Waals surface area contributed by atoms with Gasteiger partial charge in [0.1, 0.15) is 5.82 Å². The smallest absolute Gasteiger partial charge is 0.252 e. The molecule has 0 saturated heterocycles. The zero-order valence-electron chi connectivity index (χ0n) is 11.9. The third-order valence-corrected chi connectivity index (χ3v) is 3.26. The maximum Gasteiger partial charge on any atom is 0.252 e. The highest BCUT2D eigenvalue weighted by atomic mass is 19.1. The van der Waals surface area contributed by atoms with Gasteiger partial charge in [0.25, 0.3) is 5.56 Å². The number of nitrogens with zero attached hydrogens (tertiary/aromatic N) is 1. The second-order valence-corrected chi connectivity index (χ2v) is 4.93. The van der Waals surface area contributed by atoms with Gasteiger partial charge in [-0.2, -0.15) is 0 Å². The third kappa shape index (κ3) is 3.03. The molecule has 5 heteroatoms. The van der Waals surface area contributed by atoms with E-state index in [1.54, 1.807) is 6.07 Å². The Bertz CT molecular complexity index is 859. The zero-order valence-corrected chi connectivity index (χ0v) is 11.9. The van der Waals surface area contributed by atoms with Gasteiger partial charge in [0.2, 0.25) is 5.95 Å². The van der Waals surface area contributed by atoms with Gasteiger partial charge in [0.15, 0.2) is 0 Å². The molecule has 0 saturated carbocycles. The first-order valence-corrected chi connectivity index (χ1v) is 6.82. The van der Waals surface area contributed by atoms with Gasteiger partial charge in [-0.25, -0.2) is 9.37 Å². The van der Waals surface area contributed by atoms with Crippen LogP contribution >= 0.6 is 0 Å². The first-order valence-electron chi connectivity index (χ1n) is 6.82. The van der Waals surface area contributed by atoms with E-state index in [4.69, 9.17) is 0 Å². The summed E-state index contributed by atoms with van der Waals surface area (Å²) in [6.45, 7) is 1.85. The molecule has 3 aromatic rings. The Balaban J connectivity index is 2.00. The summed E-state index contributed by atoms with van der Waals surface area (Å²) < 4.78 is 13.3. The molecule has 0 aliphatic carbocycles. The Labute approximate surface area is 126 Å². The monoisotopic (exact) mass is 295 g/mol. The molecule has 2 aromatic carbocycles. The van der Waals surface area contributed by atoms with Crippen molar-refractivity contribution < 1.29 is 4.39 Å². The molecule has 0 atom stereocenters. The van der Waals surface area contributed by atoms with Gasteiger partial charge < -0.3 is 5.32 Å². The minimum absolute atomic E-state index is 0.273. The Morgan fingerprint density at radius 3 is 2.64 bits per heavy atom. The fourth-order valence-corrected chi connectivity index (χ4v) is 2.13. The first kappa shape index (κ1) is 14.0.